The van der Waals surface area contributed by atoms with Gasteiger partial charge < -0.3 is 9.47 Å². The minimum Gasteiger partial charge on any atom is -0.478 e. The number of nitrogens with zero attached hydrogens (tertiary/aromatic N) is 1. The highest BCUT2D eigenvalue weighted by Gasteiger charge is 2.16. The van der Waals surface area contributed by atoms with Gasteiger partial charge in [0.25, 0.3) is 0 Å². The minimum absolute atomic E-state index is 0.0285. The number of unbranched alkanes of at least 4 members (excludes halogenated alkanes) is 1. The van der Waals surface area contributed by atoms with Crippen molar-refractivity contribution >= 4 is 5.97 Å². The molecule has 30 heavy (non-hydrogen) atoms. The van der Waals surface area contributed by atoms with Crippen molar-refractivity contribution in [2.45, 2.75) is 32.6 Å². The lowest BCUT2D eigenvalue weighted by Gasteiger charge is -2.13. The number of esters is 1. The van der Waals surface area contributed by atoms with Gasteiger partial charge in [-0.05, 0) is 42.9 Å². The zero-order valence-electron chi connectivity index (χ0n) is 17.7. The molecule has 0 aliphatic heterocycles. The molecule has 156 valence electrons. The first-order valence-electron chi connectivity index (χ1n) is 10.5. The first kappa shape index (κ1) is 21.6. The largest absolute Gasteiger partial charge is 0.478 e. The van der Waals surface area contributed by atoms with E-state index in [1.54, 1.807) is 0 Å². The Balaban J connectivity index is 1.69. The molecule has 4 heteroatoms. The molecule has 0 spiro atoms. The van der Waals surface area contributed by atoms with Crippen molar-refractivity contribution in [1.29, 1.82) is 0 Å². The number of carbonyl (C=O) groups excluding carboxylic acids is 1. The average Bonchev–Trinajstić information content (AvgIpc) is 2.82. The van der Waals surface area contributed by atoms with E-state index in [0.717, 1.165) is 48.1 Å². The maximum absolute atomic E-state index is 11.7. The molecule has 0 aliphatic rings. The van der Waals surface area contributed by atoms with Crippen LogP contribution in [0, 0.1) is 5.92 Å². The van der Waals surface area contributed by atoms with Crippen LogP contribution in [0.1, 0.15) is 32.6 Å². The average molecular weight is 404 g/mol. The van der Waals surface area contributed by atoms with Crippen LogP contribution in [0.3, 0.4) is 0 Å². The molecular weight excluding hydrogens is 374 g/mol. The summed E-state index contributed by atoms with van der Waals surface area (Å²) in [7, 11) is 1.45. The van der Waals surface area contributed by atoms with Crippen molar-refractivity contribution in [2.75, 3.05) is 13.7 Å². The third-order valence-corrected chi connectivity index (χ3v) is 5.20. The van der Waals surface area contributed by atoms with Gasteiger partial charge >= 0.3 is 5.97 Å². The Morgan fingerprint density at radius 2 is 1.57 bits per heavy atom. The maximum Gasteiger partial charge on any atom is 0.308 e. The van der Waals surface area contributed by atoms with Crippen LogP contribution in [0.2, 0.25) is 0 Å². The van der Waals surface area contributed by atoms with Crippen molar-refractivity contribution in [3.8, 4) is 28.3 Å². The summed E-state index contributed by atoms with van der Waals surface area (Å²) >= 11 is 0. The van der Waals surface area contributed by atoms with Crippen LogP contribution in [-0.4, -0.2) is 24.7 Å². The predicted molar refractivity (Wildman–Crippen MR) is 120 cm³/mol. The number of hydrogen-bond donors (Lipinski definition) is 0. The Morgan fingerprint density at radius 1 is 0.900 bits per heavy atom. The fraction of sp³-hybridized carbons (Fsp3) is 0.308. The molecule has 0 saturated heterocycles. The van der Waals surface area contributed by atoms with E-state index in [4.69, 9.17) is 14.5 Å². The highest BCUT2D eigenvalue weighted by Crippen LogP contribution is 2.28. The molecule has 1 heterocycles. The maximum atomic E-state index is 11.7. The number of hydrogen-bond acceptors (Lipinski definition) is 4. The van der Waals surface area contributed by atoms with E-state index in [2.05, 4.69) is 30.3 Å². The van der Waals surface area contributed by atoms with Crippen molar-refractivity contribution < 1.29 is 14.3 Å². The molecule has 1 atom stereocenters. The van der Waals surface area contributed by atoms with E-state index >= 15 is 0 Å². The van der Waals surface area contributed by atoms with Crippen LogP contribution in [0.15, 0.2) is 72.8 Å². The molecule has 0 bridgehead atoms. The van der Waals surface area contributed by atoms with Crippen molar-refractivity contribution in [3.05, 3.63) is 72.8 Å². The number of methoxy groups -OCH3 is 1. The normalized spacial score (nSPS) is 11.7. The number of benzene rings is 2. The summed E-state index contributed by atoms with van der Waals surface area (Å²) in [6.45, 7) is 2.58. The van der Waals surface area contributed by atoms with Crippen LogP contribution in [0.25, 0.3) is 22.4 Å². The van der Waals surface area contributed by atoms with Crippen LogP contribution in [-0.2, 0) is 9.53 Å². The smallest absolute Gasteiger partial charge is 0.308 e. The summed E-state index contributed by atoms with van der Waals surface area (Å²) in [5.41, 5.74) is 4.16. The fourth-order valence-electron chi connectivity index (χ4n) is 3.46. The van der Waals surface area contributed by atoms with Gasteiger partial charge in [0.15, 0.2) is 0 Å². The van der Waals surface area contributed by atoms with Crippen LogP contribution in [0.5, 0.6) is 5.88 Å². The second-order valence-electron chi connectivity index (χ2n) is 7.28. The molecule has 0 saturated carbocycles. The van der Waals surface area contributed by atoms with E-state index in [1.807, 2.05) is 49.4 Å². The number of rotatable bonds is 10. The van der Waals surface area contributed by atoms with Crippen LogP contribution in [0.4, 0.5) is 0 Å². The van der Waals surface area contributed by atoms with Gasteiger partial charge in [-0.25, -0.2) is 4.98 Å². The lowest BCUT2D eigenvalue weighted by atomic mass is 10.00. The molecule has 4 nitrogen and oxygen atoms in total. The third-order valence-electron chi connectivity index (χ3n) is 5.20. The SMILES string of the molecule is CCC(CCCCOc1cc(-c2ccccc2)cc(-c2ccccc2)n1)C(=O)OC. The van der Waals surface area contributed by atoms with E-state index in [9.17, 15) is 4.79 Å². The van der Waals surface area contributed by atoms with Gasteiger partial charge in [0.05, 0.1) is 25.3 Å². The lowest BCUT2D eigenvalue weighted by Crippen LogP contribution is -2.15. The van der Waals surface area contributed by atoms with Gasteiger partial charge in [0.1, 0.15) is 0 Å². The fourth-order valence-corrected chi connectivity index (χ4v) is 3.46. The second kappa shape index (κ2) is 11.1. The Labute approximate surface area is 178 Å². The summed E-state index contributed by atoms with van der Waals surface area (Å²) in [6.07, 6.45) is 3.40. The zero-order chi connectivity index (χ0) is 21.2. The summed E-state index contributed by atoms with van der Waals surface area (Å²) in [5.74, 6) is 0.470. The van der Waals surface area contributed by atoms with E-state index in [0.29, 0.717) is 12.5 Å². The van der Waals surface area contributed by atoms with Crippen molar-refractivity contribution in [3.63, 3.8) is 0 Å². The molecule has 3 aromatic rings. The Hall–Kier alpha value is -3.14. The zero-order valence-corrected chi connectivity index (χ0v) is 17.7. The second-order valence-corrected chi connectivity index (χ2v) is 7.28. The Kier molecular flexibility index (Phi) is 8.02. The number of aromatic nitrogens is 1. The van der Waals surface area contributed by atoms with E-state index in [1.165, 1.54) is 7.11 Å². The van der Waals surface area contributed by atoms with Crippen LogP contribution < -0.4 is 4.74 Å². The summed E-state index contributed by atoms with van der Waals surface area (Å²) in [6, 6.07) is 24.5. The molecule has 0 aliphatic carbocycles. The Bertz CT molecular complexity index is 868. The van der Waals surface area contributed by atoms with Gasteiger partial charge in [0, 0.05) is 11.6 Å². The first-order valence-corrected chi connectivity index (χ1v) is 10.5. The highest BCUT2D eigenvalue weighted by molar-refractivity contribution is 5.72. The van der Waals surface area contributed by atoms with Gasteiger partial charge in [-0.2, -0.15) is 0 Å². The predicted octanol–water partition coefficient (Wildman–Crippen LogP) is 6.16. The van der Waals surface area contributed by atoms with Crippen molar-refractivity contribution in [1.82, 2.24) is 4.98 Å². The third kappa shape index (κ3) is 5.93. The van der Waals surface area contributed by atoms with E-state index < -0.39 is 0 Å². The molecular formula is C26H29NO3. The molecule has 2 aromatic carbocycles. The number of pyridine rings is 1. The van der Waals surface area contributed by atoms with Crippen molar-refractivity contribution in [2.24, 2.45) is 5.92 Å². The molecule has 1 unspecified atom stereocenters. The summed E-state index contributed by atoms with van der Waals surface area (Å²) in [5, 5.41) is 0. The standard InChI is InChI=1S/C26H29NO3/c1-3-20(26(28)29-2)12-10-11-17-30-25-19-23(21-13-6-4-7-14-21)18-24(27-25)22-15-8-5-9-16-22/h4-9,13-16,18-20H,3,10-12,17H2,1-2H3. The number of ether oxygens (including phenoxy) is 2. The van der Waals surface area contributed by atoms with Gasteiger partial charge in [-0.3, -0.25) is 4.79 Å². The molecule has 0 amide bonds. The molecule has 0 radical (unpaired) electrons. The minimum atomic E-state index is -0.122. The van der Waals surface area contributed by atoms with Gasteiger partial charge in [0.2, 0.25) is 5.88 Å². The topological polar surface area (TPSA) is 48.4 Å². The van der Waals surface area contributed by atoms with Gasteiger partial charge in [-0.15, -0.1) is 0 Å². The molecule has 0 N–H and O–H groups in total. The molecule has 0 fully saturated rings. The lowest BCUT2D eigenvalue weighted by molar-refractivity contribution is -0.145. The quantitative estimate of drug-likeness (QED) is 0.300. The number of carbonyl (C=O) groups is 1. The monoisotopic (exact) mass is 403 g/mol. The molecule has 1 aromatic heterocycles. The molecule has 3 rings (SSSR count). The Morgan fingerprint density at radius 3 is 2.20 bits per heavy atom. The highest BCUT2D eigenvalue weighted by atomic mass is 16.5. The van der Waals surface area contributed by atoms with Crippen LogP contribution >= 0.6 is 0 Å². The summed E-state index contributed by atoms with van der Waals surface area (Å²) < 4.78 is 10.9. The van der Waals surface area contributed by atoms with Gasteiger partial charge in [-0.1, -0.05) is 67.6 Å². The first-order chi connectivity index (χ1) is 14.7. The van der Waals surface area contributed by atoms with E-state index in [-0.39, 0.29) is 11.9 Å². The summed E-state index contributed by atoms with van der Waals surface area (Å²) in [4.78, 5) is 16.4.